The van der Waals surface area contributed by atoms with Crippen molar-refractivity contribution in [3.05, 3.63) is 94.8 Å². The summed E-state index contributed by atoms with van der Waals surface area (Å²) in [6.45, 7) is 0.0258. The van der Waals surface area contributed by atoms with Crippen molar-refractivity contribution in [2.75, 3.05) is 5.32 Å². The number of esters is 1. The van der Waals surface area contributed by atoms with Crippen molar-refractivity contribution in [3.63, 3.8) is 0 Å². The van der Waals surface area contributed by atoms with E-state index in [0.717, 1.165) is 30.2 Å². The van der Waals surface area contributed by atoms with Gasteiger partial charge < -0.3 is 14.6 Å². The molecule has 0 spiro atoms. The van der Waals surface area contributed by atoms with E-state index in [4.69, 9.17) is 4.74 Å². The number of carbonyl (C=O) groups excluding carboxylic acids is 2. The number of imidazole rings is 1. The molecule has 0 atom stereocenters. The number of carbonyl (C=O) groups is 2. The highest BCUT2D eigenvalue weighted by Crippen LogP contribution is 2.39. The summed E-state index contributed by atoms with van der Waals surface area (Å²) in [5, 5.41) is 12.6. The molecular weight excluding hydrogens is 636 g/mol. The summed E-state index contributed by atoms with van der Waals surface area (Å²) >= 11 is 3.26. The van der Waals surface area contributed by atoms with Crippen LogP contribution in [0.1, 0.15) is 50.7 Å². The Labute approximate surface area is 239 Å². The number of halogens is 2. The van der Waals surface area contributed by atoms with Gasteiger partial charge in [0.15, 0.2) is 0 Å². The predicted molar refractivity (Wildman–Crippen MR) is 150 cm³/mol. The van der Waals surface area contributed by atoms with Gasteiger partial charge in [-0.3, -0.25) is 4.79 Å². The molecule has 1 amide bonds. The van der Waals surface area contributed by atoms with E-state index in [1.54, 1.807) is 28.7 Å². The van der Waals surface area contributed by atoms with Gasteiger partial charge in [0.1, 0.15) is 28.9 Å². The first-order valence-corrected chi connectivity index (χ1v) is 13.7. The Kier molecular flexibility index (Phi) is 6.91. The molecule has 0 saturated heterocycles. The van der Waals surface area contributed by atoms with Crippen molar-refractivity contribution in [1.29, 1.82) is 0 Å². The topological polar surface area (TPSA) is 117 Å². The molecule has 5 aromatic rings. The van der Waals surface area contributed by atoms with Crippen LogP contribution in [0, 0.1) is 5.82 Å². The normalized spacial score (nSPS) is 12.9. The highest BCUT2D eigenvalue weighted by atomic mass is 127. The number of rotatable bonds is 8. The third kappa shape index (κ3) is 5.45. The Bertz CT molecular complexity index is 1680. The second-order valence-corrected chi connectivity index (χ2v) is 10.6. The van der Waals surface area contributed by atoms with Crippen LogP contribution in [0.2, 0.25) is 0 Å². The zero-order valence-corrected chi connectivity index (χ0v) is 23.1. The van der Waals surface area contributed by atoms with Crippen molar-refractivity contribution in [2.45, 2.75) is 25.4 Å². The molecule has 1 saturated carbocycles. The number of anilines is 1. The highest BCUT2D eigenvalue weighted by molar-refractivity contribution is 14.1. The van der Waals surface area contributed by atoms with E-state index < -0.39 is 17.7 Å². The van der Waals surface area contributed by atoms with Gasteiger partial charge in [0.25, 0.3) is 5.91 Å². The van der Waals surface area contributed by atoms with Crippen LogP contribution in [0.15, 0.2) is 66.6 Å². The van der Waals surface area contributed by atoms with E-state index in [0.29, 0.717) is 16.6 Å². The minimum Gasteiger partial charge on any atom is -0.457 e. The van der Waals surface area contributed by atoms with E-state index >= 15 is 4.39 Å². The van der Waals surface area contributed by atoms with Crippen LogP contribution in [0.5, 0.6) is 0 Å². The molecule has 2 aromatic carbocycles. The molecule has 196 valence electrons. The quantitative estimate of drug-likeness (QED) is 0.176. The maximum Gasteiger partial charge on any atom is 0.340 e. The number of thiazole rings is 1. The zero-order valence-electron chi connectivity index (χ0n) is 20.1. The predicted octanol–water partition coefficient (Wildman–Crippen LogP) is 5.41. The molecule has 10 nitrogen and oxygen atoms in total. The standard InChI is InChI=1S/C26H19FIN7O3S/c27-19-8-18(26(37)38-12-15-4-2-1-3-5-15)21(34-11-20(29-14-34)16-6-7-16)9-17(19)24(36)31-23-13-39-25(32-23)22-10-30-33-35(22)28/h1-5,8-11,13-14,16H,6-7,12H2,(H,31,36). The van der Waals surface area contributed by atoms with Gasteiger partial charge in [0, 0.05) is 17.5 Å². The molecule has 0 bridgehead atoms. The molecule has 0 unspecified atom stereocenters. The number of hydrogen-bond donors (Lipinski definition) is 1. The van der Waals surface area contributed by atoms with E-state index in [1.807, 2.05) is 53.2 Å². The van der Waals surface area contributed by atoms with Crippen LogP contribution in [-0.2, 0) is 11.3 Å². The first-order valence-electron chi connectivity index (χ1n) is 11.9. The first-order chi connectivity index (χ1) is 19.0. The smallest absolute Gasteiger partial charge is 0.340 e. The number of nitrogens with zero attached hydrogens (tertiary/aromatic N) is 6. The van der Waals surface area contributed by atoms with Crippen LogP contribution < -0.4 is 5.32 Å². The summed E-state index contributed by atoms with van der Waals surface area (Å²) in [7, 11) is 0. The fourth-order valence-corrected chi connectivity index (χ4v) is 5.34. The second kappa shape index (κ2) is 10.6. The van der Waals surface area contributed by atoms with Gasteiger partial charge in [-0.15, -0.1) is 16.4 Å². The molecule has 3 aromatic heterocycles. The molecule has 1 fully saturated rings. The van der Waals surface area contributed by atoms with Crippen molar-refractivity contribution >= 4 is 51.9 Å². The number of hydrogen-bond acceptors (Lipinski definition) is 8. The second-order valence-electron chi connectivity index (χ2n) is 8.86. The van der Waals surface area contributed by atoms with Gasteiger partial charge in [0.2, 0.25) is 0 Å². The van der Waals surface area contributed by atoms with E-state index in [2.05, 4.69) is 25.6 Å². The van der Waals surface area contributed by atoms with Gasteiger partial charge >= 0.3 is 5.97 Å². The van der Waals surface area contributed by atoms with Crippen LogP contribution in [-0.4, -0.2) is 39.6 Å². The Balaban J connectivity index is 1.30. The lowest BCUT2D eigenvalue weighted by molar-refractivity contribution is 0.0472. The lowest BCUT2D eigenvalue weighted by Gasteiger charge is -2.13. The van der Waals surface area contributed by atoms with E-state index in [1.165, 1.54) is 20.3 Å². The van der Waals surface area contributed by atoms with Crippen LogP contribution in [0.3, 0.4) is 0 Å². The SMILES string of the molecule is O=C(Nc1csc(-c2cnnn2I)n1)c1cc(-n2cnc(C3CC3)c2)c(C(=O)OCc2ccccc2)cc1F. The average Bonchev–Trinajstić information content (AvgIpc) is 3.28. The Morgan fingerprint density at radius 1 is 1.18 bits per heavy atom. The molecule has 0 radical (unpaired) electrons. The molecule has 1 aliphatic rings. The zero-order chi connectivity index (χ0) is 26.9. The average molecular weight is 655 g/mol. The van der Waals surface area contributed by atoms with Gasteiger partial charge in [-0.25, -0.2) is 19.2 Å². The van der Waals surface area contributed by atoms with Crippen molar-refractivity contribution in [2.24, 2.45) is 0 Å². The molecule has 0 aliphatic heterocycles. The molecule has 13 heteroatoms. The fraction of sp³-hybridized carbons (Fsp3) is 0.154. The van der Waals surface area contributed by atoms with Gasteiger partial charge in [0.05, 0.1) is 57.9 Å². The summed E-state index contributed by atoms with van der Waals surface area (Å²) in [5.41, 5.74) is 2.37. The van der Waals surface area contributed by atoms with Crippen LogP contribution in [0.25, 0.3) is 16.4 Å². The summed E-state index contributed by atoms with van der Waals surface area (Å²) < 4.78 is 24.0. The number of benzene rings is 2. The third-order valence-electron chi connectivity index (χ3n) is 6.11. The lowest BCUT2D eigenvalue weighted by Crippen LogP contribution is -2.17. The first kappa shape index (κ1) is 25.3. The summed E-state index contributed by atoms with van der Waals surface area (Å²) in [5.74, 6) is -1.66. The van der Waals surface area contributed by atoms with Crippen molar-refractivity contribution in [3.8, 4) is 16.4 Å². The third-order valence-corrected chi connectivity index (χ3v) is 7.69. The minimum atomic E-state index is -0.865. The Morgan fingerprint density at radius 2 is 2.00 bits per heavy atom. The lowest BCUT2D eigenvalue weighted by atomic mass is 10.1. The summed E-state index contributed by atoms with van der Waals surface area (Å²) in [6.07, 6.45) is 7.01. The molecule has 1 aliphatic carbocycles. The fourth-order valence-electron chi connectivity index (χ4n) is 3.96. The Morgan fingerprint density at radius 3 is 2.74 bits per heavy atom. The van der Waals surface area contributed by atoms with Gasteiger partial charge in [-0.2, -0.15) is 2.90 Å². The number of amides is 1. The Hall–Kier alpha value is -3.98. The highest BCUT2D eigenvalue weighted by Gasteiger charge is 2.27. The van der Waals surface area contributed by atoms with E-state index in [-0.39, 0.29) is 29.2 Å². The molecule has 1 N–H and O–H groups in total. The largest absolute Gasteiger partial charge is 0.457 e. The maximum atomic E-state index is 15.3. The van der Waals surface area contributed by atoms with E-state index in [9.17, 15) is 9.59 Å². The van der Waals surface area contributed by atoms with Gasteiger partial charge in [-0.05, 0) is 30.5 Å². The van der Waals surface area contributed by atoms with Crippen molar-refractivity contribution in [1.82, 2.24) is 27.7 Å². The monoisotopic (exact) mass is 655 g/mol. The molecule has 3 heterocycles. The number of nitrogens with one attached hydrogen (secondary N) is 1. The van der Waals surface area contributed by atoms with Crippen molar-refractivity contribution < 1.29 is 18.7 Å². The maximum absolute atomic E-state index is 15.3. The number of aromatic nitrogens is 6. The summed E-state index contributed by atoms with van der Waals surface area (Å²) in [6, 6.07) is 11.6. The number of ether oxygens (including phenoxy) is 1. The van der Waals surface area contributed by atoms with Crippen LogP contribution >= 0.6 is 34.2 Å². The summed E-state index contributed by atoms with van der Waals surface area (Å²) in [4.78, 5) is 35.1. The molecule has 6 rings (SSSR count). The van der Waals surface area contributed by atoms with Crippen LogP contribution in [0.4, 0.5) is 10.2 Å². The molecule has 39 heavy (non-hydrogen) atoms. The minimum absolute atomic E-state index is 0.0153. The van der Waals surface area contributed by atoms with Gasteiger partial charge in [-0.1, -0.05) is 35.5 Å². The molecular formula is C26H19FIN7O3S.